The van der Waals surface area contributed by atoms with Crippen molar-refractivity contribution >= 4 is 39.3 Å². The third-order valence-corrected chi connectivity index (χ3v) is 5.97. The fourth-order valence-electron chi connectivity index (χ4n) is 2.64. The number of H-pyrrole nitrogens is 1. The second kappa shape index (κ2) is 9.25. The van der Waals surface area contributed by atoms with Gasteiger partial charge >= 0.3 is 5.69 Å². The second-order valence-corrected chi connectivity index (χ2v) is 8.59. The first-order chi connectivity index (χ1) is 13.4. The molecule has 0 spiro atoms. The van der Waals surface area contributed by atoms with Crippen LogP contribution in [0.25, 0.3) is 0 Å². The van der Waals surface area contributed by atoms with Crippen molar-refractivity contribution in [2.45, 2.75) is 37.2 Å². The molecule has 1 aromatic heterocycles. The molecule has 1 atom stereocenters. The van der Waals surface area contributed by atoms with E-state index in [2.05, 4.69) is 31.4 Å². The number of aromatic amines is 1. The van der Waals surface area contributed by atoms with Gasteiger partial charge in [-0.2, -0.15) is 0 Å². The van der Waals surface area contributed by atoms with Gasteiger partial charge in [0.25, 0.3) is 0 Å². The molecule has 1 unspecified atom stereocenters. The predicted octanol–water partition coefficient (Wildman–Crippen LogP) is 4.00. The van der Waals surface area contributed by atoms with Gasteiger partial charge in [-0.25, -0.2) is 9.89 Å². The van der Waals surface area contributed by atoms with E-state index < -0.39 is 5.25 Å². The van der Waals surface area contributed by atoms with Crippen LogP contribution in [0.2, 0.25) is 0 Å². The zero-order chi connectivity index (χ0) is 20.1. The Hall–Kier alpha value is -2.32. The summed E-state index contributed by atoms with van der Waals surface area (Å²) in [5, 5.41) is 9.56. The summed E-state index contributed by atoms with van der Waals surface area (Å²) in [6, 6.07) is 15.7. The quantitative estimate of drug-likeness (QED) is 0.522. The molecule has 2 aromatic carbocycles. The minimum Gasteiger partial charge on any atom is -0.324 e. The lowest BCUT2D eigenvalue weighted by molar-refractivity contribution is -0.115. The number of rotatable bonds is 7. The van der Waals surface area contributed by atoms with E-state index in [1.807, 2.05) is 55.5 Å². The number of carbonyl (C=O) groups is 1. The Kier molecular flexibility index (Phi) is 6.74. The van der Waals surface area contributed by atoms with Crippen molar-refractivity contribution in [3.8, 4) is 0 Å². The van der Waals surface area contributed by atoms with Gasteiger partial charge in [0.1, 0.15) is 0 Å². The minimum absolute atomic E-state index is 0.153. The van der Waals surface area contributed by atoms with E-state index in [-0.39, 0.29) is 11.6 Å². The van der Waals surface area contributed by atoms with Gasteiger partial charge in [-0.05, 0) is 59.5 Å². The summed E-state index contributed by atoms with van der Waals surface area (Å²) >= 11 is 4.72. The molecule has 3 rings (SSSR count). The molecule has 1 heterocycles. The number of halogens is 1. The topological polar surface area (TPSA) is 79.8 Å². The van der Waals surface area contributed by atoms with Crippen LogP contribution in [0, 0.1) is 6.92 Å². The third kappa shape index (κ3) is 5.14. The minimum atomic E-state index is -0.418. The van der Waals surface area contributed by atoms with E-state index >= 15 is 0 Å². The van der Waals surface area contributed by atoms with E-state index in [1.54, 1.807) is 11.5 Å². The molecule has 0 saturated carbocycles. The first-order valence-electron chi connectivity index (χ1n) is 8.87. The number of nitrogens with one attached hydrogen (secondary N) is 2. The Morgan fingerprint density at radius 1 is 1.29 bits per heavy atom. The second-order valence-electron chi connectivity index (χ2n) is 6.43. The fraction of sp³-hybridized carbons (Fsp3) is 0.250. The van der Waals surface area contributed by atoms with Crippen molar-refractivity contribution in [3.05, 3.63) is 74.6 Å². The number of anilines is 1. The van der Waals surface area contributed by atoms with E-state index in [0.29, 0.717) is 23.8 Å². The van der Waals surface area contributed by atoms with Crippen LogP contribution in [-0.2, 0) is 17.8 Å². The Bertz CT molecular complexity index is 1020. The van der Waals surface area contributed by atoms with Gasteiger partial charge < -0.3 is 5.32 Å². The smallest absolute Gasteiger partial charge is 0.324 e. The van der Waals surface area contributed by atoms with Crippen LogP contribution in [0.3, 0.4) is 0 Å². The molecule has 0 aliphatic carbocycles. The number of nitrogens with zero attached hydrogens (tertiary/aromatic N) is 2. The van der Waals surface area contributed by atoms with Gasteiger partial charge in [0, 0.05) is 11.0 Å². The highest BCUT2D eigenvalue weighted by Gasteiger charge is 2.20. The van der Waals surface area contributed by atoms with Crippen molar-refractivity contribution in [2.24, 2.45) is 0 Å². The van der Waals surface area contributed by atoms with Crippen molar-refractivity contribution < 1.29 is 4.79 Å². The van der Waals surface area contributed by atoms with Gasteiger partial charge in [0.05, 0.1) is 10.9 Å². The van der Waals surface area contributed by atoms with Gasteiger partial charge in [0.2, 0.25) is 5.91 Å². The molecule has 8 heteroatoms. The molecule has 1 amide bonds. The summed E-state index contributed by atoms with van der Waals surface area (Å²) < 4.78 is 2.40. The maximum Gasteiger partial charge on any atom is 0.343 e. The zero-order valence-corrected chi connectivity index (χ0v) is 18.0. The summed E-state index contributed by atoms with van der Waals surface area (Å²) in [6.45, 7) is 4.28. The molecule has 0 aliphatic rings. The molecular weight excluding hydrogens is 440 g/mol. The summed E-state index contributed by atoms with van der Waals surface area (Å²) in [5.74, 6) is -0.153. The number of aromatic nitrogens is 3. The van der Waals surface area contributed by atoms with Crippen LogP contribution in [0.5, 0.6) is 0 Å². The largest absolute Gasteiger partial charge is 0.343 e. The van der Waals surface area contributed by atoms with E-state index in [0.717, 1.165) is 15.6 Å². The SMILES string of the molecule is Cc1ccc(NC(=O)C(C)Sc2n[nH]c(=O)n2CCc2ccccc2)c(Br)c1. The van der Waals surface area contributed by atoms with E-state index in [1.165, 1.54) is 11.8 Å². The van der Waals surface area contributed by atoms with E-state index in [4.69, 9.17) is 0 Å². The van der Waals surface area contributed by atoms with Crippen molar-refractivity contribution in [1.82, 2.24) is 14.8 Å². The molecule has 2 N–H and O–H groups in total. The monoisotopic (exact) mass is 460 g/mol. The highest BCUT2D eigenvalue weighted by Crippen LogP contribution is 2.26. The summed E-state index contributed by atoms with van der Waals surface area (Å²) in [5.41, 5.74) is 2.69. The number of aryl methyl sites for hydroxylation is 2. The molecule has 146 valence electrons. The maximum absolute atomic E-state index is 12.6. The maximum atomic E-state index is 12.6. The molecule has 0 aliphatic heterocycles. The summed E-state index contributed by atoms with van der Waals surface area (Å²) in [4.78, 5) is 24.7. The lowest BCUT2D eigenvalue weighted by atomic mass is 10.1. The van der Waals surface area contributed by atoms with Gasteiger partial charge in [0.15, 0.2) is 5.16 Å². The van der Waals surface area contributed by atoms with Crippen molar-refractivity contribution in [2.75, 3.05) is 5.32 Å². The molecule has 28 heavy (non-hydrogen) atoms. The average molecular weight is 461 g/mol. The Labute approximate surface area is 175 Å². The molecule has 6 nitrogen and oxygen atoms in total. The number of thioether (sulfide) groups is 1. The van der Waals surface area contributed by atoms with Gasteiger partial charge in [-0.1, -0.05) is 48.2 Å². The van der Waals surface area contributed by atoms with Crippen LogP contribution in [0.1, 0.15) is 18.1 Å². The van der Waals surface area contributed by atoms with Crippen LogP contribution < -0.4 is 11.0 Å². The zero-order valence-electron chi connectivity index (χ0n) is 15.6. The van der Waals surface area contributed by atoms with Crippen LogP contribution in [0.4, 0.5) is 5.69 Å². The van der Waals surface area contributed by atoms with Crippen LogP contribution in [-0.4, -0.2) is 25.9 Å². The number of amides is 1. The van der Waals surface area contributed by atoms with Crippen LogP contribution in [0.15, 0.2) is 63.0 Å². The number of hydrogen-bond acceptors (Lipinski definition) is 4. The highest BCUT2D eigenvalue weighted by molar-refractivity contribution is 9.10. The Morgan fingerprint density at radius 3 is 2.75 bits per heavy atom. The summed E-state index contributed by atoms with van der Waals surface area (Å²) in [6.07, 6.45) is 0.713. The molecule has 0 bridgehead atoms. The lowest BCUT2D eigenvalue weighted by Gasteiger charge is -2.13. The molecular formula is C20H21BrN4O2S. The van der Waals surface area contributed by atoms with Crippen molar-refractivity contribution in [3.63, 3.8) is 0 Å². The Morgan fingerprint density at radius 2 is 2.04 bits per heavy atom. The third-order valence-electron chi connectivity index (χ3n) is 4.22. The Balaban J connectivity index is 1.66. The number of carbonyl (C=O) groups excluding carboxylic acids is 1. The molecule has 0 saturated heterocycles. The number of benzene rings is 2. The van der Waals surface area contributed by atoms with Gasteiger partial charge in [-0.15, -0.1) is 5.10 Å². The van der Waals surface area contributed by atoms with Crippen LogP contribution >= 0.6 is 27.7 Å². The normalized spacial score (nSPS) is 12.0. The standard InChI is InChI=1S/C20H21BrN4O2S/c1-13-8-9-17(16(21)12-13)22-18(26)14(2)28-20-24-23-19(27)25(20)11-10-15-6-4-3-5-7-15/h3-9,12,14H,10-11H2,1-2H3,(H,22,26)(H,23,27). The first-order valence-corrected chi connectivity index (χ1v) is 10.5. The highest BCUT2D eigenvalue weighted by atomic mass is 79.9. The molecule has 3 aromatic rings. The predicted molar refractivity (Wildman–Crippen MR) is 116 cm³/mol. The van der Waals surface area contributed by atoms with E-state index in [9.17, 15) is 9.59 Å². The average Bonchev–Trinajstić information content (AvgIpc) is 3.02. The summed E-state index contributed by atoms with van der Waals surface area (Å²) in [7, 11) is 0. The first kappa shape index (κ1) is 20.4. The number of hydrogen-bond donors (Lipinski definition) is 2. The van der Waals surface area contributed by atoms with Crippen molar-refractivity contribution in [1.29, 1.82) is 0 Å². The lowest BCUT2D eigenvalue weighted by Crippen LogP contribution is -2.24. The molecule has 0 radical (unpaired) electrons. The fourth-order valence-corrected chi connectivity index (χ4v) is 4.12. The molecule has 0 fully saturated rings. The van der Waals surface area contributed by atoms with Gasteiger partial charge in [-0.3, -0.25) is 9.36 Å².